The van der Waals surface area contributed by atoms with E-state index in [1.165, 1.54) is 22.5 Å². The minimum Gasteiger partial charge on any atom is -0.395 e. The summed E-state index contributed by atoms with van der Waals surface area (Å²) >= 11 is 0. The fourth-order valence-electron chi connectivity index (χ4n) is 1.72. The first-order chi connectivity index (χ1) is 8.05. The third-order valence-electron chi connectivity index (χ3n) is 2.68. The number of aliphatic hydroxyl groups is 1. The number of nitrogens with zero attached hydrogens (tertiary/aromatic N) is 1. The molecule has 0 saturated heterocycles. The molecule has 94 valence electrons. The minimum absolute atomic E-state index is 0.0459. The van der Waals surface area contributed by atoms with E-state index in [1.807, 2.05) is 0 Å². The van der Waals surface area contributed by atoms with Crippen LogP contribution in [-0.2, 0) is 10.0 Å². The predicted octanol–water partition coefficient (Wildman–Crippen LogP) is 0.971. The number of halogens is 1. The topological polar surface area (TPSA) is 57.6 Å². The lowest BCUT2D eigenvalue weighted by atomic mass is 10.4. The van der Waals surface area contributed by atoms with Crippen molar-refractivity contribution in [3.63, 3.8) is 0 Å². The third kappa shape index (κ3) is 2.65. The van der Waals surface area contributed by atoms with Crippen LogP contribution in [0.3, 0.4) is 0 Å². The summed E-state index contributed by atoms with van der Waals surface area (Å²) in [5, 5.41) is 8.90. The average Bonchev–Trinajstić information content (AvgIpc) is 3.09. The van der Waals surface area contributed by atoms with E-state index in [9.17, 15) is 12.8 Å². The molecule has 1 aliphatic rings. The summed E-state index contributed by atoms with van der Waals surface area (Å²) in [6, 6.07) is 4.89. The second kappa shape index (κ2) is 4.72. The zero-order chi connectivity index (χ0) is 12.5. The van der Waals surface area contributed by atoms with Gasteiger partial charge in [-0.1, -0.05) is 6.07 Å². The summed E-state index contributed by atoms with van der Waals surface area (Å²) in [5.41, 5.74) is 0. The van der Waals surface area contributed by atoms with Crippen molar-refractivity contribution in [1.29, 1.82) is 0 Å². The lowest BCUT2D eigenvalue weighted by Crippen LogP contribution is -2.35. The molecule has 4 nitrogen and oxygen atoms in total. The molecule has 0 aromatic heterocycles. The molecule has 1 aromatic rings. The molecule has 2 rings (SSSR count). The molecular formula is C11H14FNO3S. The molecular weight excluding hydrogens is 245 g/mol. The number of benzene rings is 1. The fourth-order valence-corrected chi connectivity index (χ4v) is 3.43. The highest BCUT2D eigenvalue weighted by molar-refractivity contribution is 7.89. The van der Waals surface area contributed by atoms with Crippen LogP contribution in [0.4, 0.5) is 4.39 Å². The largest absolute Gasteiger partial charge is 0.395 e. The van der Waals surface area contributed by atoms with Crippen LogP contribution in [0.1, 0.15) is 12.8 Å². The monoisotopic (exact) mass is 259 g/mol. The van der Waals surface area contributed by atoms with Crippen molar-refractivity contribution in [1.82, 2.24) is 4.31 Å². The van der Waals surface area contributed by atoms with Gasteiger partial charge in [0, 0.05) is 12.6 Å². The molecule has 0 heterocycles. The Morgan fingerprint density at radius 1 is 1.41 bits per heavy atom. The molecule has 0 spiro atoms. The Morgan fingerprint density at radius 3 is 2.65 bits per heavy atom. The minimum atomic E-state index is -3.69. The summed E-state index contributed by atoms with van der Waals surface area (Å²) in [4.78, 5) is -0.0575. The molecule has 1 N–H and O–H groups in total. The normalized spacial score (nSPS) is 16.4. The third-order valence-corrected chi connectivity index (χ3v) is 4.63. The second-order valence-corrected chi connectivity index (χ2v) is 5.92. The molecule has 0 bridgehead atoms. The number of hydrogen-bond acceptors (Lipinski definition) is 3. The van der Waals surface area contributed by atoms with E-state index in [-0.39, 0.29) is 24.1 Å². The van der Waals surface area contributed by atoms with E-state index in [4.69, 9.17) is 5.11 Å². The van der Waals surface area contributed by atoms with E-state index < -0.39 is 15.8 Å². The van der Waals surface area contributed by atoms with Gasteiger partial charge in [0.05, 0.1) is 11.5 Å². The van der Waals surface area contributed by atoms with Gasteiger partial charge >= 0.3 is 0 Å². The van der Waals surface area contributed by atoms with Crippen LogP contribution in [0, 0.1) is 5.82 Å². The Bertz CT molecular complexity index is 499. The number of aliphatic hydroxyl groups excluding tert-OH is 1. The molecule has 0 unspecified atom stereocenters. The Labute approximate surface area is 99.7 Å². The highest BCUT2D eigenvalue weighted by atomic mass is 32.2. The Hall–Kier alpha value is -0.980. The SMILES string of the molecule is O=S(=O)(c1cccc(F)c1)N(CCO)C1CC1. The number of hydrogen-bond donors (Lipinski definition) is 1. The first-order valence-electron chi connectivity index (χ1n) is 5.44. The van der Waals surface area contributed by atoms with E-state index in [0.717, 1.165) is 18.9 Å². The van der Waals surface area contributed by atoms with Gasteiger partial charge in [0.15, 0.2) is 0 Å². The van der Waals surface area contributed by atoms with E-state index >= 15 is 0 Å². The van der Waals surface area contributed by atoms with Crippen molar-refractivity contribution in [2.24, 2.45) is 0 Å². The van der Waals surface area contributed by atoms with Gasteiger partial charge < -0.3 is 5.11 Å². The van der Waals surface area contributed by atoms with Gasteiger partial charge in [0.1, 0.15) is 5.82 Å². The molecule has 0 atom stereocenters. The fraction of sp³-hybridized carbons (Fsp3) is 0.455. The van der Waals surface area contributed by atoms with Crippen LogP contribution < -0.4 is 0 Å². The molecule has 1 fully saturated rings. The van der Waals surface area contributed by atoms with Gasteiger partial charge in [-0.25, -0.2) is 12.8 Å². The molecule has 17 heavy (non-hydrogen) atoms. The van der Waals surface area contributed by atoms with Crippen molar-refractivity contribution in [3.8, 4) is 0 Å². The van der Waals surface area contributed by atoms with E-state index in [1.54, 1.807) is 0 Å². The Morgan fingerprint density at radius 2 is 2.12 bits per heavy atom. The highest BCUT2D eigenvalue weighted by Crippen LogP contribution is 2.31. The lowest BCUT2D eigenvalue weighted by Gasteiger charge is -2.20. The zero-order valence-corrected chi connectivity index (χ0v) is 10.0. The van der Waals surface area contributed by atoms with E-state index in [0.29, 0.717) is 0 Å². The lowest BCUT2D eigenvalue weighted by molar-refractivity contribution is 0.250. The molecule has 1 aliphatic carbocycles. The summed E-state index contributed by atoms with van der Waals surface area (Å²) in [7, 11) is -3.69. The van der Waals surface area contributed by atoms with Gasteiger partial charge in [-0.15, -0.1) is 0 Å². The quantitative estimate of drug-likeness (QED) is 0.857. The second-order valence-electron chi connectivity index (χ2n) is 4.03. The zero-order valence-electron chi connectivity index (χ0n) is 9.21. The van der Waals surface area contributed by atoms with Crippen LogP contribution in [0.2, 0.25) is 0 Å². The summed E-state index contributed by atoms with van der Waals surface area (Å²) in [6.45, 7) is -0.172. The van der Waals surface area contributed by atoms with Crippen LogP contribution in [0.15, 0.2) is 29.2 Å². The smallest absolute Gasteiger partial charge is 0.243 e. The first kappa shape index (κ1) is 12.5. The molecule has 0 radical (unpaired) electrons. The molecule has 0 aliphatic heterocycles. The first-order valence-corrected chi connectivity index (χ1v) is 6.88. The van der Waals surface area contributed by atoms with Crippen LogP contribution in [0.5, 0.6) is 0 Å². The van der Waals surface area contributed by atoms with Gasteiger partial charge in [-0.3, -0.25) is 0 Å². The standard InChI is InChI=1S/C11H14FNO3S/c12-9-2-1-3-11(8-9)17(15,16)13(6-7-14)10-4-5-10/h1-3,8,10,14H,4-7H2. The van der Waals surface area contributed by atoms with Gasteiger partial charge in [-0.2, -0.15) is 4.31 Å². The number of rotatable bonds is 5. The maximum Gasteiger partial charge on any atom is 0.243 e. The Balaban J connectivity index is 2.33. The van der Waals surface area contributed by atoms with Crippen molar-refractivity contribution >= 4 is 10.0 Å². The summed E-state index contributed by atoms with van der Waals surface area (Å²) in [6.07, 6.45) is 1.60. The molecule has 0 amide bonds. The maximum atomic E-state index is 13.0. The molecule has 1 saturated carbocycles. The average molecular weight is 259 g/mol. The summed E-state index contributed by atoms with van der Waals surface area (Å²) in [5.74, 6) is -0.578. The van der Waals surface area contributed by atoms with Crippen molar-refractivity contribution in [3.05, 3.63) is 30.1 Å². The van der Waals surface area contributed by atoms with Gasteiger partial charge in [-0.05, 0) is 31.0 Å². The highest BCUT2D eigenvalue weighted by Gasteiger charge is 2.37. The molecule has 6 heteroatoms. The van der Waals surface area contributed by atoms with Crippen molar-refractivity contribution in [2.45, 2.75) is 23.8 Å². The predicted molar refractivity (Wildman–Crippen MR) is 60.4 cm³/mol. The van der Waals surface area contributed by atoms with Crippen LogP contribution >= 0.6 is 0 Å². The Kier molecular flexibility index (Phi) is 3.46. The van der Waals surface area contributed by atoms with E-state index in [2.05, 4.69) is 0 Å². The number of sulfonamides is 1. The van der Waals surface area contributed by atoms with Gasteiger partial charge in [0.25, 0.3) is 0 Å². The van der Waals surface area contributed by atoms with Crippen LogP contribution in [-0.4, -0.2) is 37.0 Å². The van der Waals surface area contributed by atoms with Crippen molar-refractivity contribution < 1.29 is 17.9 Å². The van der Waals surface area contributed by atoms with Gasteiger partial charge in [0.2, 0.25) is 10.0 Å². The van der Waals surface area contributed by atoms with Crippen LogP contribution in [0.25, 0.3) is 0 Å². The summed E-state index contributed by atoms with van der Waals surface area (Å²) < 4.78 is 38.7. The van der Waals surface area contributed by atoms with Crippen molar-refractivity contribution in [2.75, 3.05) is 13.2 Å². The maximum absolute atomic E-state index is 13.0. The molecule has 1 aromatic carbocycles.